The van der Waals surface area contributed by atoms with Gasteiger partial charge >= 0.3 is 0 Å². The van der Waals surface area contributed by atoms with Gasteiger partial charge in [0.15, 0.2) is 17.5 Å². The molecule has 0 amide bonds. The predicted octanol–water partition coefficient (Wildman–Crippen LogP) is 17.3. The summed E-state index contributed by atoms with van der Waals surface area (Å²) in [5.41, 5.74) is 16.4. The van der Waals surface area contributed by atoms with E-state index in [1.54, 1.807) is 0 Å². The first-order valence-corrected chi connectivity index (χ1v) is 25.4. The Balaban J connectivity index is 1.24. The maximum absolute atomic E-state index is 5.25. The van der Waals surface area contributed by atoms with Crippen LogP contribution in [-0.4, -0.2) is 29.1 Å². The van der Waals surface area contributed by atoms with Gasteiger partial charge in [-0.05, 0) is 117 Å². The molecule has 72 heavy (non-hydrogen) atoms. The van der Waals surface area contributed by atoms with Crippen molar-refractivity contribution in [3.63, 3.8) is 0 Å². The van der Waals surface area contributed by atoms with Gasteiger partial charge in [0.25, 0.3) is 0 Å². The number of rotatable bonds is 6. The van der Waals surface area contributed by atoms with Crippen molar-refractivity contribution in [2.45, 2.75) is 105 Å². The van der Waals surface area contributed by atoms with E-state index in [-0.39, 0.29) is 21.7 Å². The van der Waals surface area contributed by atoms with E-state index in [1.807, 2.05) is 48.8 Å². The number of aromatic nitrogens is 6. The number of fused-ring (bicyclic) bond motifs is 6. The summed E-state index contributed by atoms with van der Waals surface area (Å²) < 4.78 is 4.92. The first kappa shape index (κ1) is 46.7. The summed E-state index contributed by atoms with van der Waals surface area (Å²) in [6.07, 6.45) is 3.98. The minimum absolute atomic E-state index is 0.0270. The Labute approximate surface area is 424 Å². The third-order valence-electron chi connectivity index (χ3n) is 14.5. The molecule has 6 heteroatoms. The molecule has 0 aliphatic heterocycles. The van der Waals surface area contributed by atoms with Gasteiger partial charge in [0, 0.05) is 61.8 Å². The number of benzene rings is 7. The van der Waals surface area contributed by atoms with E-state index in [0.717, 1.165) is 61.3 Å². The van der Waals surface area contributed by atoms with Crippen LogP contribution < -0.4 is 0 Å². The molecule has 11 aromatic rings. The molecule has 0 radical (unpaired) electrons. The molecule has 7 aromatic carbocycles. The lowest BCUT2D eigenvalue weighted by Crippen LogP contribution is -2.10. The fourth-order valence-electron chi connectivity index (χ4n) is 10.2. The minimum Gasteiger partial charge on any atom is -0.309 e. The van der Waals surface area contributed by atoms with Gasteiger partial charge in [-0.3, -0.25) is 4.98 Å². The summed E-state index contributed by atoms with van der Waals surface area (Å²) in [5.74, 6) is 1.83. The molecule has 0 atom stereocenters. The van der Waals surface area contributed by atoms with Crippen molar-refractivity contribution in [1.29, 1.82) is 0 Å². The molecule has 0 unspecified atom stereocenters. The molecule has 0 aliphatic rings. The van der Waals surface area contributed by atoms with E-state index >= 15 is 0 Å². The number of nitrogens with zero attached hydrogens (tertiary/aromatic N) is 6. The molecule has 0 N–H and O–H groups in total. The lowest BCUT2D eigenvalue weighted by molar-refractivity contribution is 0.590. The Hall–Kier alpha value is -7.70. The third-order valence-corrected chi connectivity index (χ3v) is 14.5. The zero-order valence-corrected chi connectivity index (χ0v) is 43.8. The van der Waals surface area contributed by atoms with Crippen molar-refractivity contribution in [2.24, 2.45) is 0 Å². The van der Waals surface area contributed by atoms with Crippen LogP contribution in [0.3, 0.4) is 0 Å². The Kier molecular flexibility index (Phi) is 11.0. The van der Waals surface area contributed by atoms with Gasteiger partial charge in [0.2, 0.25) is 0 Å². The lowest BCUT2D eigenvalue weighted by Gasteiger charge is -2.21. The topological polar surface area (TPSA) is 61.4 Å². The Morgan fingerprint density at radius 2 is 0.667 bits per heavy atom. The molecule has 0 saturated heterocycles. The maximum Gasteiger partial charge on any atom is 0.164 e. The molecular formula is C66H64N6. The first-order chi connectivity index (χ1) is 34.2. The third kappa shape index (κ3) is 8.26. The van der Waals surface area contributed by atoms with E-state index in [0.29, 0.717) is 17.5 Å². The highest BCUT2D eigenvalue weighted by molar-refractivity contribution is 6.12. The van der Waals surface area contributed by atoms with Crippen molar-refractivity contribution < 1.29 is 0 Å². The molecule has 358 valence electrons. The van der Waals surface area contributed by atoms with Crippen LogP contribution in [-0.2, 0) is 21.7 Å². The van der Waals surface area contributed by atoms with Crippen LogP contribution >= 0.6 is 0 Å². The summed E-state index contributed by atoms with van der Waals surface area (Å²) in [7, 11) is 0. The quantitative estimate of drug-likeness (QED) is 0.167. The normalized spacial score (nSPS) is 12.7. The number of hydrogen-bond acceptors (Lipinski definition) is 4. The van der Waals surface area contributed by atoms with Gasteiger partial charge < -0.3 is 9.13 Å². The predicted molar refractivity (Wildman–Crippen MR) is 303 cm³/mol. The van der Waals surface area contributed by atoms with Gasteiger partial charge in [-0.25, -0.2) is 15.0 Å². The molecule has 0 aliphatic carbocycles. The van der Waals surface area contributed by atoms with Crippen LogP contribution in [0.4, 0.5) is 0 Å². The second-order valence-electron chi connectivity index (χ2n) is 23.8. The average molecular weight is 941 g/mol. The lowest BCUT2D eigenvalue weighted by atomic mass is 9.85. The first-order valence-electron chi connectivity index (χ1n) is 25.4. The van der Waals surface area contributed by atoms with Gasteiger partial charge in [-0.2, -0.15) is 0 Å². The standard InChI is InChI=1S/C66H64N6/c1-63(2,3)44-24-29-55-49(36-44)50-37-45(64(4,5)6)25-30-56(50)71(55)54-28-23-43(62-69-60(41-19-15-13-16-20-41)68-61(70-62)42-21-17-14-18-22-42)35-48(54)53-40-67-34-33-59(53)72-57-31-26-46(65(7,8)9)38-51(57)52-39-47(66(10,11)12)27-32-58(52)72/h13-40H,1-12H3. The van der Waals surface area contributed by atoms with Gasteiger partial charge in [0.05, 0.1) is 33.4 Å². The summed E-state index contributed by atoms with van der Waals surface area (Å²) in [4.78, 5) is 20.5. The molecule has 0 bridgehead atoms. The Morgan fingerprint density at radius 3 is 1.03 bits per heavy atom. The molecule has 0 fully saturated rings. The second kappa shape index (κ2) is 17.0. The number of hydrogen-bond donors (Lipinski definition) is 0. The average Bonchev–Trinajstić information content (AvgIpc) is 3.87. The molecule has 0 saturated carbocycles. The van der Waals surface area contributed by atoms with Crippen LogP contribution in [0.5, 0.6) is 0 Å². The fourth-order valence-corrected chi connectivity index (χ4v) is 10.2. The molecular weight excluding hydrogens is 877 g/mol. The van der Waals surface area contributed by atoms with E-state index in [2.05, 4.69) is 214 Å². The largest absolute Gasteiger partial charge is 0.309 e. The summed E-state index contributed by atoms with van der Waals surface area (Å²) in [6, 6.07) is 57.5. The Morgan fingerprint density at radius 1 is 0.319 bits per heavy atom. The smallest absolute Gasteiger partial charge is 0.164 e. The summed E-state index contributed by atoms with van der Waals surface area (Å²) >= 11 is 0. The van der Waals surface area contributed by atoms with Crippen LogP contribution in [0.25, 0.3) is 100 Å². The van der Waals surface area contributed by atoms with E-state index in [4.69, 9.17) is 19.9 Å². The van der Waals surface area contributed by atoms with Crippen molar-refractivity contribution in [3.8, 4) is 56.7 Å². The molecule has 11 rings (SSSR count). The second-order valence-corrected chi connectivity index (χ2v) is 23.8. The molecule has 4 heterocycles. The summed E-state index contributed by atoms with van der Waals surface area (Å²) in [6.45, 7) is 27.6. The van der Waals surface area contributed by atoms with Crippen molar-refractivity contribution in [1.82, 2.24) is 29.1 Å². The van der Waals surface area contributed by atoms with E-state index < -0.39 is 0 Å². The SMILES string of the molecule is CC(C)(C)c1ccc2c(c1)c1cc(C(C)(C)C)ccc1n2-c1ccncc1-c1cc(-c2nc(-c3ccccc3)nc(-c3ccccc3)n2)ccc1-n1c2ccc(C(C)(C)C)cc2c2cc(C(C)(C)C)ccc21. The minimum atomic E-state index is -0.0347. The summed E-state index contributed by atoms with van der Waals surface area (Å²) in [5, 5.41) is 4.93. The van der Waals surface area contributed by atoms with Crippen LogP contribution in [0, 0.1) is 0 Å². The van der Waals surface area contributed by atoms with Gasteiger partial charge in [-0.15, -0.1) is 0 Å². The highest BCUT2D eigenvalue weighted by Crippen LogP contribution is 2.45. The highest BCUT2D eigenvalue weighted by atomic mass is 15.0. The molecule has 4 aromatic heterocycles. The molecule has 0 spiro atoms. The van der Waals surface area contributed by atoms with E-state index in [9.17, 15) is 0 Å². The zero-order valence-electron chi connectivity index (χ0n) is 43.8. The van der Waals surface area contributed by atoms with Gasteiger partial charge in [0.1, 0.15) is 0 Å². The van der Waals surface area contributed by atoms with Crippen LogP contribution in [0.2, 0.25) is 0 Å². The van der Waals surface area contributed by atoms with Crippen molar-refractivity contribution in [3.05, 3.63) is 192 Å². The highest BCUT2D eigenvalue weighted by Gasteiger charge is 2.27. The van der Waals surface area contributed by atoms with Crippen molar-refractivity contribution >= 4 is 43.6 Å². The Bertz CT molecular complexity index is 3680. The van der Waals surface area contributed by atoms with Crippen molar-refractivity contribution in [2.75, 3.05) is 0 Å². The van der Waals surface area contributed by atoms with Crippen LogP contribution in [0.1, 0.15) is 105 Å². The monoisotopic (exact) mass is 941 g/mol. The fraction of sp³-hybridized carbons (Fsp3) is 0.242. The van der Waals surface area contributed by atoms with E-state index in [1.165, 1.54) is 43.8 Å². The van der Waals surface area contributed by atoms with Crippen LogP contribution in [0.15, 0.2) is 170 Å². The zero-order chi connectivity index (χ0) is 50.5. The number of pyridine rings is 1. The molecule has 6 nitrogen and oxygen atoms in total. The maximum atomic E-state index is 5.25. The van der Waals surface area contributed by atoms with Gasteiger partial charge in [-0.1, -0.05) is 168 Å².